The fraction of sp³-hybridized carbons (Fsp3) is 0.692. The summed E-state index contributed by atoms with van der Waals surface area (Å²) in [5.41, 5.74) is 3.73. The Bertz CT molecular complexity index is 418. The molecule has 0 aromatic carbocycles. The molecule has 1 saturated heterocycles. The Balaban J connectivity index is 2.35. The Morgan fingerprint density at radius 1 is 1.44 bits per heavy atom. The number of hydrogen-bond acceptors (Lipinski definition) is 5. The molecule has 1 atom stereocenters. The monoisotopic (exact) mass is 249 g/mol. The van der Waals surface area contributed by atoms with Gasteiger partial charge in [-0.15, -0.1) is 0 Å². The Morgan fingerprint density at radius 3 is 2.83 bits per heavy atom. The highest BCUT2D eigenvalue weighted by atomic mass is 15.3. The molecule has 1 aliphatic heterocycles. The second-order valence-electron chi connectivity index (χ2n) is 5.13. The lowest BCUT2D eigenvalue weighted by Crippen LogP contribution is -2.35. The molecule has 0 bridgehead atoms. The van der Waals surface area contributed by atoms with E-state index in [9.17, 15) is 0 Å². The summed E-state index contributed by atoms with van der Waals surface area (Å²) in [5.74, 6) is 8.91. The van der Waals surface area contributed by atoms with Crippen molar-refractivity contribution < 1.29 is 0 Å². The predicted molar refractivity (Wildman–Crippen MR) is 74.6 cm³/mol. The number of hydrogen-bond donors (Lipinski definition) is 2. The number of aromatic nitrogens is 2. The van der Waals surface area contributed by atoms with Crippen LogP contribution in [0.25, 0.3) is 0 Å². The zero-order valence-electron chi connectivity index (χ0n) is 11.5. The van der Waals surface area contributed by atoms with E-state index >= 15 is 0 Å². The van der Waals surface area contributed by atoms with Gasteiger partial charge in [0.05, 0.1) is 0 Å². The molecule has 1 unspecified atom stereocenters. The van der Waals surface area contributed by atoms with Crippen LogP contribution in [0.4, 0.5) is 11.6 Å². The maximum Gasteiger partial charge on any atom is 0.148 e. The number of nitrogen functional groups attached to an aromatic ring is 1. The molecule has 3 N–H and O–H groups in total. The van der Waals surface area contributed by atoms with Gasteiger partial charge >= 0.3 is 0 Å². The summed E-state index contributed by atoms with van der Waals surface area (Å²) in [6.07, 6.45) is 3.37. The van der Waals surface area contributed by atoms with Crippen LogP contribution in [0.3, 0.4) is 0 Å². The van der Waals surface area contributed by atoms with Gasteiger partial charge in [0.15, 0.2) is 0 Å². The summed E-state index contributed by atoms with van der Waals surface area (Å²) in [7, 11) is 0. The van der Waals surface area contributed by atoms with Crippen molar-refractivity contribution >= 4 is 11.6 Å². The molecule has 5 heteroatoms. The van der Waals surface area contributed by atoms with Crippen molar-refractivity contribution in [2.24, 2.45) is 11.8 Å². The van der Waals surface area contributed by atoms with Crippen molar-refractivity contribution in [2.75, 3.05) is 23.4 Å². The molecule has 18 heavy (non-hydrogen) atoms. The first-order valence-corrected chi connectivity index (χ1v) is 6.74. The number of hydrazine groups is 1. The third-order valence-electron chi connectivity index (χ3n) is 3.58. The molecule has 0 radical (unpaired) electrons. The van der Waals surface area contributed by atoms with Crippen LogP contribution in [0, 0.1) is 12.8 Å². The summed E-state index contributed by atoms with van der Waals surface area (Å²) in [6, 6.07) is 0. The van der Waals surface area contributed by atoms with Gasteiger partial charge in [0.1, 0.15) is 17.5 Å². The number of nitrogens with zero attached hydrogens (tertiary/aromatic N) is 3. The standard InChI is InChI=1S/C13H23N5/c1-4-11-15-12(17-14)10(3)13(16-11)18-7-5-6-9(2)8-18/h9H,4-8,14H2,1-3H3,(H,15,16,17). The molecule has 1 aromatic heterocycles. The topological polar surface area (TPSA) is 67.1 Å². The Morgan fingerprint density at radius 2 is 2.22 bits per heavy atom. The van der Waals surface area contributed by atoms with Gasteiger partial charge in [-0.1, -0.05) is 13.8 Å². The van der Waals surface area contributed by atoms with E-state index in [1.54, 1.807) is 0 Å². The summed E-state index contributed by atoms with van der Waals surface area (Å²) >= 11 is 0. The van der Waals surface area contributed by atoms with E-state index in [0.29, 0.717) is 0 Å². The van der Waals surface area contributed by atoms with Crippen LogP contribution in [0.15, 0.2) is 0 Å². The number of nitrogens with two attached hydrogens (primary N) is 1. The highest BCUT2D eigenvalue weighted by Gasteiger charge is 2.21. The number of piperidine rings is 1. The van der Waals surface area contributed by atoms with Crippen molar-refractivity contribution in [2.45, 2.75) is 40.0 Å². The van der Waals surface area contributed by atoms with Gasteiger partial charge in [0.25, 0.3) is 0 Å². The molecule has 2 rings (SSSR count). The SMILES string of the molecule is CCc1nc(NN)c(C)c(N2CCCC(C)C2)n1. The van der Waals surface area contributed by atoms with E-state index in [1.807, 2.05) is 6.92 Å². The van der Waals surface area contributed by atoms with E-state index in [2.05, 4.69) is 34.1 Å². The van der Waals surface area contributed by atoms with Crippen molar-refractivity contribution in [3.8, 4) is 0 Å². The maximum atomic E-state index is 5.54. The van der Waals surface area contributed by atoms with Crippen molar-refractivity contribution in [3.05, 3.63) is 11.4 Å². The van der Waals surface area contributed by atoms with Crippen LogP contribution in [-0.2, 0) is 6.42 Å². The molecule has 0 amide bonds. The first-order valence-electron chi connectivity index (χ1n) is 6.74. The third kappa shape index (κ3) is 2.56. The number of aryl methyl sites for hydroxylation is 1. The molecule has 1 fully saturated rings. The van der Waals surface area contributed by atoms with Gasteiger partial charge in [-0.2, -0.15) is 0 Å². The number of rotatable bonds is 3. The summed E-state index contributed by atoms with van der Waals surface area (Å²) in [4.78, 5) is 11.5. The quantitative estimate of drug-likeness (QED) is 0.632. The minimum Gasteiger partial charge on any atom is -0.356 e. The highest BCUT2D eigenvalue weighted by Crippen LogP contribution is 2.27. The van der Waals surface area contributed by atoms with E-state index in [-0.39, 0.29) is 0 Å². The van der Waals surface area contributed by atoms with E-state index in [0.717, 1.165) is 48.5 Å². The highest BCUT2D eigenvalue weighted by molar-refractivity contribution is 5.58. The van der Waals surface area contributed by atoms with Crippen LogP contribution in [0.5, 0.6) is 0 Å². The van der Waals surface area contributed by atoms with Crippen molar-refractivity contribution in [1.82, 2.24) is 9.97 Å². The van der Waals surface area contributed by atoms with Gasteiger partial charge in [-0.25, -0.2) is 15.8 Å². The van der Waals surface area contributed by atoms with Crippen LogP contribution in [0.1, 0.15) is 38.1 Å². The summed E-state index contributed by atoms with van der Waals surface area (Å²) in [5, 5.41) is 0. The number of nitrogens with one attached hydrogen (secondary N) is 1. The van der Waals surface area contributed by atoms with Crippen LogP contribution in [0.2, 0.25) is 0 Å². The normalized spacial score (nSPS) is 20.0. The molecular formula is C13H23N5. The number of anilines is 2. The first-order chi connectivity index (χ1) is 8.65. The average Bonchev–Trinajstić information content (AvgIpc) is 2.39. The Kier molecular flexibility index (Phi) is 4.01. The second-order valence-corrected chi connectivity index (χ2v) is 5.13. The summed E-state index contributed by atoms with van der Waals surface area (Å²) in [6.45, 7) is 8.54. The molecular weight excluding hydrogens is 226 g/mol. The lowest BCUT2D eigenvalue weighted by molar-refractivity contribution is 0.443. The maximum absolute atomic E-state index is 5.54. The molecule has 2 heterocycles. The average molecular weight is 249 g/mol. The zero-order chi connectivity index (χ0) is 13.1. The van der Waals surface area contributed by atoms with E-state index in [1.165, 1.54) is 12.8 Å². The van der Waals surface area contributed by atoms with E-state index < -0.39 is 0 Å². The van der Waals surface area contributed by atoms with Crippen molar-refractivity contribution in [1.29, 1.82) is 0 Å². The van der Waals surface area contributed by atoms with Crippen LogP contribution in [-0.4, -0.2) is 23.1 Å². The first kappa shape index (κ1) is 13.1. The minimum atomic E-state index is 0.729. The lowest BCUT2D eigenvalue weighted by atomic mass is 10.00. The molecule has 0 aliphatic carbocycles. The fourth-order valence-corrected chi connectivity index (χ4v) is 2.54. The smallest absolute Gasteiger partial charge is 0.148 e. The second kappa shape index (κ2) is 5.52. The largest absolute Gasteiger partial charge is 0.356 e. The molecule has 5 nitrogen and oxygen atoms in total. The zero-order valence-corrected chi connectivity index (χ0v) is 11.5. The minimum absolute atomic E-state index is 0.729. The molecule has 1 aromatic rings. The van der Waals surface area contributed by atoms with Crippen LogP contribution < -0.4 is 16.2 Å². The fourth-order valence-electron chi connectivity index (χ4n) is 2.54. The van der Waals surface area contributed by atoms with Crippen molar-refractivity contribution in [3.63, 3.8) is 0 Å². The van der Waals surface area contributed by atoms with Crippen LogP contribution >= 0.6 is 0 Å². The van der Waals surface area contributed by atoms with Gasteiger partial charge in [0, 0.05) is 25.1 Å². The summed E-state index contributed by atoms with van der Waals surface area (Å²) < 4.78 is 0. The molecule has 1 aliphatic rings. The van der Waals surface area contributed by atoms with Gasteiger partial charge in [-0.3, -0.25) is 0 Å². The molecule has 0 saturated carbocycles. The molecule has 100 valence electrons. The third-order valence-corrected chi connectivity index (χ3v) is 3.58. The Hall–Kier alpha value is -1.36. The van der Waals surface area contributed by atoms with E-state index in [4.69, 9.17) is 5.84 Å². The van der Waals surface area contributed by atoms with Gasteiger partial charge in [0.2, 0.25) is 0 Å². The Labute approximate surface area is 109 Å². The lowest BCUT2D eigenvalue weighted by Gasteiger charge is -2.33. The predicted octanol–water partition coefficient (Wildman–Crippen LogP) is 1.87. The van der Waals surface area contributed by atoms with Gasteiger partial charge in [-0.05, 0) is 25.7 Å². The molecule has 0 spiro atoms. The van der Waals surface area contributed by atoms with Gasteiger partial charge < -0.3 is 10.3 Å².